The Morgan fingerprint density at radius 1 is 1.10 bits per heavy atom. The molecule has 0 spiro atoms. The standard InChI is InChI=1S/C16H18N4/c1-3-4-10-15-14-11-17-20(13-8-6-5-7-9-13)16(14)19-12(2)18-15/h5-9,11H,3-4,10H2,1-2H3. The predicted octanol–water partition coefficient (Wildman–Crippen LogP) is 3.47. The third-order valence-electron chi connectivity index (χ3n) is 3.39. The Morgan fingerprint density at radius 3 is 2.65 bits per heavy atom. The van der Waals surface area contributed by atoms with Gasteiger partial charge in [-0.15, -0.1) is 0 Å². The number of hydrogen-bond acceptors (Lipinski definition) is 3. The first-order valence-corrected chi connectivity index (χ1v) is 7.06. The van der Waals surface area contributed by atoms with E-state index in [9.17, 15) is 0 Å². The van der Waals surface area contributed by atoms with Crippen LogP contribution in [0, 0.1) is 6.92 Å². The summed E-state index contributed by atoms with van der Waals surface area (Å²) < 4.78 is 1.89. The minimum atomic E-state index is 0.807. The molecule has 4 heteroatoms. The lowest BCUT2D eigenvalue weighted by Crippen LogP contribution is -2.01. The lowest BCUT2D eigenvalue weighted by molar-refractivity contribution is 0.775. The molecule has 3 aromatic rings. The normalized spacial score (nSPS) is 11.1. The van der Waals surface area contributed by atoms with Gasteiger partial charge in [-0.3, -0.25) is 0 Å². The van der Waals surface area contributed by atoms with Crippen molar-refractivity contribution < 1.29 is 0 Å². The zero-order valence-corrected chi connectivity index (χ0v) is 11.9. The van der Waals surface area contributed by atoms with Crippen LogP contribution < -0.4 is 0 Å². The highest BCUT2D eigenvalue weighted by Crippen LogP contribution is 2.20. The van der Waals surface area contributed by atoms with Gasteiger partial charge in [0.25, 0.3) is 0 Å². The molecule has 0 aliphatic carbocycles. The van der Waals surface area contributed by atoms with Gasteiger partial charge in [0.1, 0.15) is 5.82 Å². The van der Waals surface area contributed by atoms with E-state index in [1.807, 2.05) is 48.1 Å². The second-order valence-corrected chi connectivity index (χ2v) is 4.95. The molecule has 0 unspecified atom stereocenters. The fourth-order valence-corrected chi connectivity index (χ4v) is 2.38. The van der Waals surface area contributed by atoms with Crippen LogP contribution in [0.3, 0.4) is 0 Å². The van der Waals surface area contributed by atoms with Crippen LogP contribution in [0.5, 0.6) is 0 Å². The largest absolute Gasteiger partial charge is 0.237 e. The molecular weight excluding hydrogens is 248 g/mol. The summed E-state index contributed by atoms with van der Waals surface area (Å²) in [7, 11) is 0. The number of unbranched alkanes of at least 4 members (excludes halogenated alkanes) is 1. The molecule has 1 aromatic carbocycles. The third kappa shape index (κ3) is 2.29. The molecule has 102 valence electrons. The average Bonchev–Trinajstić information content (AvgIpc) is 2.89. The van der Waals surface area contributed by atoms with Gasteiger partial charge in [0.15, 0.2) is 5.65 Å². The molecular formula is C16H18N4. The van der Waals surface area contributed by atoms with Crippen LogP contribution in [0.25, 0.3) is 16.7 Å². The number of para-hydroxylation sites is 1. The number of nitrogens with zero attached hydrogens (tertiary/aromatic N) is 4. The second-order valence-electron chi connectivity index (χ2n) is 4.95. The molecule has 0 bridgehead atoms. The van der Waals surface area contributed by atoms with Crippen LogP contribution in [0.2, 0.25) is 0 Å². The number of rotatable bonds is 4. The van der Waals surface area contributed by atoms with Crippen LogP contribution in [0.4, 0.5) is 0 Å². The Hall–Kier alpha value is -2.23. The first-order valence-electron chi connectivity index (χ1n) is 7.06. The van der Waals surface area contributed by atoms with Crippen molar-refractivity contribution in [3.63, 3.8) is 0 Å². The summed E-state index contributed by atoms with van der Waals surface area (Å²) in [5.74, 6) is 0.807. The molecule has 0 saturated heterocycles. The van der Waals surface area contributed by atoms with E-state index in [0.29, 0.717) is 0 Å². The lowest BCUT2D eigenvalue weighted by atomic mass is 10.1. The fourth-order valence-electron chi connectivity index (χ4n) is 2.38. The van der Waals surface area contributed by atoms with Gasteiger partial charge in [-0.2, -0.15) is 5.10 Å². The van der Waals surface area contributed by atoms with Gasteiger partial charge in [0, 0.05) is 0 Å². The Bertz CT molecular complexity index is 716. The van der Waals surface area contributed by atoms with Gasteiger partial charge in [0.05, 0.1) is 23.0 Å². The average molecular weight is 266 g/mol. The van der Waals surface area contributed by atoms with Gasteiger partial charge in [0.2, 0.25) is 0 Å². The quantitative estimate of drug-likeness (QED) is 0.726. The van der Waals surface area contributed by atoms with Crippen molar-refractivity contribution in [2.45, 2.75) is 33.1 Å². The second kappa shape index (κ2) is 5.41. The van der Waals surface area contributed by atoms with Crippen molar-refractivity contribution >= 4 is 11.0 Å². The molecule has 4 nitrogen and oxygen atoms in total. The smallest absolute Gasteiger partial charge is 0.166 e. The predicted molar refractivity (Wildman–Crippen MR) is 80.0 cm³/mol. The fraction of sp³-hybridized carbons (Fsp3) is 0.312. The first kappa shape index (κ1) is 12.8. The van der Waals surface area contributed by atoms with E-state index in [-0.39, 0.29) is 0 Å². The molecule has 2 heterocycles. The Balaban J connectivity index is 2.15. The van der Waals surface area contributed by atoms with Crippen molar-refractivity contribution in [1.82, 2.24) is 19.7 Å². The van der Waals surface area contributed by atoms with Gasteiger partial charge >= 0.3 is 0 Å². The van der Waals surface area contributed by atoms with Crippen molar-refractivity contribution in [3.8, 4) is 5.69 Å². The zero-order chi connectivity index (χ0) is 13.9. The van der Waals surface area contributed by atoms with Crippen LogP contribution in [0.15, 0.2) is 36.5 Å². The van der Waals surface area contributed by atoms with Crippen LogP contribution >= 0.6 is 0 Å². The molecule has 20 heavy (non-hydrogen) atoms. The molecule has 0 aliphatic heterocycles. The summed E-state index contributed by atoms with van der Waals surface area (Å²) >= 11 is 0. The van der Waals surface area contributed by atoms with E-state index in [2.05, 4.69) is 22.0 Å². The molecule has 0 fully saturated rings. The first-order chi connectivity index (χ1) is 9.79. The maximum absolute atomic E-state index is 4.58. The zero-order valence-electron chi connectivity index (χ0n) is 11.9. The number of benzene rings is 1. The summed E-state index contributed by atoms with van der Waals surface area (Å²) in [5, 5.41) is 5.55. The molecule has 0 saturated carbocycles. The minimum absolute atomic E-state index is 0.807. The highest BCUT2D eigenvalue weighted by molar-refractivity contribution is 5.78. The number of aromatic nitrogens is 4. The lowest BCUT2D eigenvalue weighted by Gasteiger charge is -2.05. The Kier molecular flexibility index (Phi) is 3.46. The van der Waals surface area contributed by atoms with Crippen LogP contribution in [-0.2, 0) is 6.42 Å². The van der Waals surface area contributed by atoms with Crippen molar-refractivity contribution in [1.29, 1.82) is 0 Å². The molecule has 0 aliphatic rings. The summed E-state index contributed by atoms with van der Waals surface area (Å²) in [4.78, 5) is 9.15. The maximum atomic E-state index is 4.58. The van der Waals surface area contributed by atoms with Gasteiger partial charge in [-0.25, -0.2) is 14.6 Å². The molecule has 2 aromatic heterocycles. The van der Waals surface area contributed by atoms with Gasteiger partial charge in [-0.1, -0.05) is 31.5 Å². The SMILES string of the molecule is CCCCc1nc(C)nc2c1cnn2-c1ccccc1. The van der Waals surface area contributed by atoms with Crippen LogP contribution in [0.1, 0.15) is 31.3 Å². The van der Waals surface area contributed by atoms with E-state index in [0.717, 1.165) is 47.5 Å². The van der Waals surface area contributed by atoms with E-state index in [1.54, 1.807) is 0 Å². The van der Waals surface area contributed by atoms with Crippen LogP contribution in [-0.4, -0.2) is 19.7 Å². The molecule has 0 N–H and O–H groups in total. The van der Waals surface area contributed by atoms with Gasteiger partial charge in [-0.05, 0) is 31.9 Å². The summed E-state index contributed by atoms with van der Waals surface area (Å²) in [6, 6.07) is 10.1. The number of fused-ring (bicyclic) bond motifs is 1. The highest BCUT2D eigenvalue weighted by Gasteiger charge is 2.12. The van der Waals surface area contributed by atoms with E-state index >= 15 is 0 Å². The minimum Gasteiger partial charge on any atom is -0.237 e. The highest BCUT2D eigenvalue weighted by atomic mass is 15.3. The molecule has 0 radical (unpaired) electrons. The summed E-state index contributed by atoms with van der Waals surface area (Å²) in [5.41, 5.74) is 3.04. The Labute approximate surface area is 118 Å². The molecule has 0 amide bonds. The number of aryl methyl sites for hydroxylation is 2. The molecule has 3 rings (SSSR count). The third-order valence-corrected chi connectivity index (χ3v) is 3.39. The van der Waals surface area contributed by atoms with Crippen molar-refractivity contribution in [2.75, 3.05) is 0 Å². The van der Waals surface area contributed by atoms with Crippen molar-refractivity contribution in [3.05, 3.63) is 48.0 Å². The van der Waals surface area contributed by atoms with E-state index in [1.165, 1.54) is 0 Å². The van der Waals surface area contributed by atoms with E-state index in [4.69, 9.17) is 0 Å². The monoisotopic (exact) mass is 266 g/mol. The van der Waals surface area contributed by atoms with E-state index < -0.39 is 0 Å². The summed E-state index contributed by atoms with van der Waals surface area (Å²) in [6.45, 7) is 4.13. The summed E-state index contributed by atoms with van der Waals surface area (Å²) in [6.07, 6.45) is 5.17. The Morgan fingerprint density at radius 2 is 1.90 bits per heavy atom. The topological polar surface area (TPSA) is 43.6 Å². The van der Waals surface area contributed by atoms with Gasteiger partial charge < -0.3 is 0 Å². The molecule has 0 atom stereocenters. The van der Waals surface area contributed by atoms with Crippen molar-refractivity contribution in [2.24, 2.45) is 0 Å². The number of hydrogen-bond donors (Lipinski definition) is 0. The maximum Gasteiger partial charge on any atom is 0.166 e.